The van der Waals surface area contributed by atoms with Gasteiger partial charge in [0.2, 0.25) is 0 Å². The van der Waals surface area contributed by atoms with Crippen molar-refractivity contribution in [2.45, 2.75) is 12.3 Å². The quantitative estimate of drug-likeness (QED) is 0.594. The highest BCUT2D eigenvalue weighted by Crippen LogP contribution is 2.17. The molecule has 1 heterocycles. The zero-order valence-electron chi connectivity index (χ0n) is 6.80. The summed E-state index contributed by atoms with van der Waals surface area (Å²) in [5, 5.41) is -0.169. The summed E-state index contributed by atoms with van der Waals surface area (Å²) in [4.78, 5) is 6.90. The van der Waals surface area contributed by atoms with Crippen LogP contribution in [0, 0.1) is 4.64 Å². The lowest BCUT2D eigenvalue weighted by Gasteiger charge is -2.04. The van der Waals surface area contributed by atoms with E-state index in [-0.39, 0.29) is 5.38 Å². The predicted octanol–water partition coefficient (Wildman–Crippen LogP) is 2.45. The maximum Gasteiger partial charge on any atom is 0.171 e. The van der Waals surface area contributed by atoms with Gasteiger partial charge in [0, 0.05) is 0 Å². The smallest absolute Gasteiger partial charge is 0.171 e. The van der Waals surface area contributed by atoms with Gasteiger partial charge in [0.1, 0.15) is 10.5 Å². The van der Waals surface area contributed by atoms with Crippen LogP contribution in [0.2, 0.25) is 0 Å². The molecule has 1 N–H and O–H groups in total. The Bertz CT molecular complexity index is 323. The highest BCUT2D eigenvalue weighted by molar-refractivity contribution is 7.71. The van der Waals surface area contributed by atoms with Gasteiger partial charge in [-0.05, 0) is 6.92 Å². The second kappa shape index (κ2) is 3.87. The Morgan fingerprint density at radius 2 is 2.42 bits per heavy atom. The summed E-state index contributed by atoms with van der Waals surface area (Å²) in [7, 11) is 1.55. The molecule has 3 nitrogen and oxygen atoms in total. The van der Waals surface area contributed by atoms with Crippen LogP contribution in [0.15, 0.2) is 6.20 Å². The minimum Gasteiger partial charge on any atom is -0.492 e. The third-order valence-electron chi connectivity index (χ3n) is 1.38. The Labute approximate surface area is 80.7 Å². The molecular weight excluding hydrogens is 196 g/mol. The van der Waals surface area contributed by atoms with Crippen LogP contribution in [-0.4, -0.2) is 17.1 Å². The molecule has 0 saturated carbocycles. The number of aromatic nitrogens is 2. The molecule has 1 unspecified atom stereocenters. The van der Waals surface area contributed by atoms with Crippen molar-refractivity contribution in [2.24, 2.45) is 0 Å². The monoisotopic (exact) mass is 204 g/mol. The number of aromatic amines is 1. The Balaban J connectivity index is 3.11. The molecule has 1 aromatic heterocycles. The molecule has 1 rings (SSSR count). The van der Waals surface area contributed by atoms with E-state index < -0.39 is 0 Å². The minimum atomic E-state index is -0.169. The molecule has 0 bridgehead atoms. The van der Waals surface area contributed by atoms with Crippen molar-refractivity contribution in [3.05, 3.63) is 16.7 Å². The number of alkyl halides is 1. The highest BCUT2D eigenvalue weighted by Gasteiger charge is 2.04. The molecule has 0 saturated heterocycles. The minimum absolute atomic E-state index is 0.169. The summed E-state index contributed by atoms with van der Waals surface area (Å²) in [6.45, 7) is 1.82. The van der Waals surface area contributed by atoms with E-state index in [9.17, 15) is 0 Å². The second-order valence-electron chi connectivity index (χ2n) is 2.28. The molecule has 66 valence electrons. The third-order valence-corrected chi connectivity index (χ3v) is 1.89. The van der Waals surface area contributed by atoms with Crippen LogP contribution in [-0.2, 0) is 0 Å². The Kier molecular flexibility index (Phi) is 3.05. The van der Waals surface area contributed by atoms with Gasteiger partial charge in [-0.25, -0.2) is 4.98 Å². The van der Waals surface area contributed by atoms with E-state index in [2.05, 4.69) is 9.97 Å². The van der Waals surface area contributed by atoms with Gasteiger partial charge in [0.25, 0.3) is 0 Å². The maximum absolute atomic E-state index is 5.79. The standard InChI is InChI=1S/C7H9ClN2OS/c1-4(8)6-9-3-5(11-2)7(12)10-6/h3-4H,1-2H3,(H,9,10,12). The fourth-order valence-corrected chi connectivity index (χ4v) is 1.10. The van der Waals surface area contributed by atoms with E-state index in [1.165, 1.54) is 0 Å². The molecule has 1 aromatic rings. The van der Waals surface area contributed by atoms with E-state index in [1.54, 1.807) is 13.3 Å². The van der Waals surface area contributed by atoms with Crippen LogP contribution in [0.25, 0.3) is 0 Å². The van der Waals surface area contributed by atoms with Gasteiger partial charge in [0.05, 0.1) is 18.7 Å². The van der Waals surface area contributed by atoms with Crippen molar-refractivity contribution < 1.29 is 4.74 Å². The number of methoxy groups -OCH3 is 1. The summed E-state index contributed by atoms with van der Waals surface area (Å²) in [5.74, 6) is 1.22. The Hall–Kier alpha value is -0.610. The molecule has 1 atom stereocenters. The summed E-state index contributed by atoms with van der Waals surface area (Å²) in [5.41, 5.74) is 0. The van der Waals surface area contributed by atoms with Crippen LogP contribution in [0.1, 0.15) is 18.1 Å². The first-order valence-electron chi connectivity index (χ1n) is 3.42. The van der Waals surface area contributed by atoms with Crippen LogP contribution in [0.4, 0.5) is 0 Å². The number of halogens is 1. The van der Waals surface area contributed by atoms with Gasteiger partial charge in [-0.3, -0.25) is 0 Å². The van der Waals surface area contributed by atoms with Crippen molar-refractivity contribution >= 4 is 23.8 Å². The van der Waals surface area contributed by atoms with Gasteiger partial charge in [-0.15, -0.1) is 11.6 Å². The van der Waals surface area contributed by atoms with E-state index in [1.807, 2.05) is 6.92 Å². The fraction of sp³-hybridized carbons (Fsp3) is 0.429. The predicted molar refractivity (Wildman–Crippen MR) is 50.2 cm³/mol. The average Bonchev–Trinajstić information content (AvgIpc) is 2.04. The van der Waals surface area contributed by atoms with Gasteiger partial charge >= 0.3 is 0 Å². The number of nitrogens with one attached hydrogen (secondary N) is 1. The number of H-pyrrole nitrogens is 1. The molecule has 0 aliphatic rings. The van der Waals surface area contributed by atoms with Crippen LogP contribution < -0.4 is 4.74 Å². The lowest BCUT2D eigenvalue weighted by atomic mass is 10.4. The molecule has 0 aliphatic carbocycles. The fourth-order valence-electron chi connectivity index (χ4n) is 0.745. The van der Waals surface area contributed by atoms with Crippen molar-refractivity contribution in [1.82, 2.24) is 9.97 Å². The molecular formula is C7H9ClN2OS. The van der Waals surface area contributed by atoms with Crippen molar-refractivity contribution in [1.29, 1.82) is 0 Å². The van der Waals surface area contributed by atoms with E-state index in [4.69, 9.17) is 28.6 Å². The van der Waals surface area contributed by atoms with Gasteiger partial charge in [0.15, 0.2) is 5.75 Å². The zero-order valence-corrected chi connectivity index (χ0v) is 8.37. The summed E-state index contributed by atoms with van der Waals surface area (Å²) in [6, 6.07) is 0. The first kappa shape index (κ1) is 9.48. The number of ether oxygens (including phenoxy) is 1. The maximum atomic E-state index is 5.79. The normalized spacial score (nSPS) is 12.6. The van der Waals surface area contributed by atoms with Crippen molar-refractivity contribution in [3.63, 3.8) is 0 Å². The van der Waals surface area contributed by atoms with Crippen LogP contribution >= 0.6 is 23.8 Å². The molecule has 0 aliphatic heterocycles. The first-order chi connectivity index (χ1) is 5.65. The first-order valence-corrected chi connectivity index (χ1v) is 4.27. The number of rotatable bonds is 2. The van der Waals surface area contributed by atoms with E-state index in [0.717, 1.165) is 0 Å². The van der Waals surface area contributed by atoms with Crippen molar-refractivity contribution in [2.75, 3.05) is 7.11 Å². The number of hydrogen-bond donors (Lipinski definition) is 1. The molecule has 0 amide bonds. The highest BCUT2D eigenvalue weighted by atomic mass is 35.5. The Morgan fingerprint density at radius 1 is 1.75 bits per heavy atom. The number of hydrogen-bond acceptors (Lipinski definition) is 3. The molecule has 0 aromatic carbocycles. The molecule has 0 spiro atoms. The molecule has 5 heteroatoms. The van der Waals surface area contributed by atoms with Crippen molar-refractivity contribution in [3.8, 4) is 5.75 Å². The van der Waals surface area contributed by atoms with Crippen LogP contribution in [0.3, 0.4) is 0 Å². The lowest BCUT2D eigenvalue weighted by Crippen LogP contribution is -1.97. The average molecular weight is 205 g/mol. The molecule has 0 fully saturated rings. The number of nitrogens with zero attached hydrogens (tertiary/aromatic N) is 1. The topological polar surface area (TPSA) is 37.9 Å². The summed E-state index contributed by atoms with van der Waals surface area (Å²) < 4.78 is 5.46. The zero-order chi connectivity index (χ0) is 9.14. The van der Waals surface area contributed by atoms with E-state index in [0.29, 0.717) is 16.2 Å². The van der Waals surface area contributed by atoms with Gasteiger partial charge < -0.3 is 9.72 Å². The Morgan fingerprint density at radius 3 is 2.83 bits per heavy atom. The van der Waals surface area contributed by atoms with Gasteiger partial charge in [-0.2, -0.15) is 0 Å². The van der Waals surface area contributed by atoms with E-state index >= 15 is 0 Å². The lowest BCUT2D eigenvalue weighted by molar-refractivity contribution is 0.408. The largest absolute Gasteiger partial charge is 0.492 e. The molecule has 0 radical (unpaired) electrons. The third kappa shape index (κ3) is 1.95. The van der Waals surface area contributed by atoms with Gasteiger partial charge in [-0.1, -0.05) is 12.2 Å². The van der Waals surface area contributed by atoms with Crippen LogP contribution in [0.5, 0.6) is 5.75 Å². The summed E-state index contributed by atoms with van der Waals surface area (Å²) >= 11 is 10.8. The SMILES string of the molecule is COc1cnc(C(C)Cl)[nH]c1=S. The molecule has 12 heavy (non-hydrogen) atoms. The summed E-state index contributed by atoms with van der Waals surface area (Å²) in [6.07, 6.45) is 1.56. The second-order valence-corrected chi connectivity index (χ2v) is 3.34.